The minimum absolute atomic E-state index is 0.0230. The number of aromatic nitrogens is 5. The van der Waals surface area contributed by atoms with Crippen LogP contribution in [0.1, 0.15) is 25.7 Å². The van der Waals surface area contributed by atoms with E-state index < -0.39 is 6.09 Å². The summed E-state index contributed by atoms with van der Waals surface area (Å²) >= 11 is 6.12. The van der Waals surface area contributed by atoms with E-state index in [1.54, 1.807) is 17.1 Å². The van der Waals surface area contributed by atoms with Gasteiger partial charge in [0, 0.05) is 35.7 Å². The van der Waals surface area contributed by atoms with Gasteiger partial charge in [-0.1, -0.05) is 11.6 Å². The normalized spacial score (nSPS) is 19.1. The molecule has 0 unspecified atom stereocenters. The standard InChI is InChI=1S/C21H22ClN7O2/c1-29-16-7-11(22)5-6-14(16)18(28-29)15-9-24-20-19(27-15)17(10-25-20)31-21(30)26-13-4-2-3-12(23)8-13/h5-7,9-10,12-13H,2-4,8,23H2,1H3,(H,24,25)(H,26,30)/t12-,13-/m1/s1. The summed E-state index contributed by atoms with van der Waals surface area (Å²) in [6.45, 7) is 0. The van der Waals surface area contributed by atoms with Gasteiger partial charge in [-0.2, -0.15) is 5.10 Å². The van der Waals surface area contributed by atoms with Crippen molar-refractivity contribution in [1.29, 1.82) is 0 Å². The lowest BCUT2D eigenvalue weighted by atomic mass is 9.92. The zero-order chi connectivity index (χ0) is 21.5. The predicted octanol–water partition coefficient (Wildman–Crippen LogP) is 3.52. The molecule has 3 aromatic heterocycles. The summed E-state index contributed by atoms with van der Waals surface area (Å²) in [6.07, 6.45) is 6.34. The molecule has 1 amide bonds. The quantitative estimate of drug-likeness (QED) is 0.448. The smallest absolute Gasteiger partial charge is 0.406 e. The summed E-state index contributed by atoms with van der Waals surface area (Å²) in [4.78, 5) is 24.5. The molecule has 0 saturated heterocycles. The van der Waals surface area contributed by atoms with Crippen molar-refractivity contribution in [1.82, 2.24) is 30.0 Å². The number of aromatic amines is 1. The van der Waals surface area contributed by atoms with E-state index in [0.717, 1.165) is 36.6 Å². The van der Waals surface area contributed by atoms with Crippen LogP contribution in [0, 0.1) is 0 Å². The van der Waals surface area contributed by atoms with Gasteiger partial charge in [0.05, 0.1) is 11.7 Å². The van der Waals surface area contributed by atoms with Gasteiger partial charge in [-0.3, -0.25) is 4.68 Å². The molecule has 160 valence electrons. The van der Waals surface area contributed by atoms with Gasteiger partial charge in [-0.15, -0.1) is 0 Å². The number of carbonyl (C=O) groups excluding carboxylic acids is 1. The van der Waals surface area contributed by atoms with E-state index in [4.69, 9.17) is 22.1 Å². The minimum Gasteiger partial charge on any atom is -0.406 e. The van der Waals surface area contributed by atoms with E-state index in [9.17, 15) is 4.79 Å². The molecule has 0 spiro atoms. The van der Waals surface area contributed by atoms with Crippen LogP contribution < -0.4 is 15.8 Å². The SMILES string of the molecule is Cn1nc(-c2cnc3[nH]cc(OC(=O)N[C@@H]4CCC[C@@H](N)C4)c3n2)c2ccc(Cl)cc21. The molecule has 2 atom stereocenters. The van der Waals surface area contributed by atoms with Gasteiger partial charge in [-0.05, 0) is 43.9 Å². The molecule has 1 aliphatic carbocycles. The van der Waals surface area contributed by atoms with E-state index in [1.165, 1.54) is 0 Å². The largest absolute Gasteiger partial charge is 0.412 e. The predicted molar refractivity (Wildman–Crippen MR) is 118 cm³/mol. The van der Waals surface area contributed by atoms with E-state index in [-0.39, 0.29) is 12.1 Å². The molecule has 1 saturated carbocycles. The number of benzene rings is 1. The number of aryl methyl sites for hydroxylation is 1. The van der Waals surface area contributed by atoms with Crippen molar-refractivity contribution in [2.45, 2.75) is 37.8 Å². The second-order valence-corrected chi connectivity index (χ2v) is 8.33. The first-order chi connectivity index (χ1) is 15.0. The molecule has 1 aliphatic rings. The number of hydrogen-bond donors (Lipinski definition) is 3. The lowest BCUT2D eigenvalue weighted by Crippen LogP contribution is -2.43. The summed E-state index contributed by atoms with van der Waals surface area (Å²) in [5.74, 6) is 0.310. The Morgan fingerprint density at radius 1 is 1.39 bits per heavy atom. The molecule has 1 aromatic carbocycles. The van der Waals surface area contributed by atoms with E-state index in [2.05, 4.69) is 25.4 Å². The Hall–Kier alpha value is -3.17. The van der Waals surface area contributed by atoms with Crippen molar-refractivity contribution in [3.63, 3.8) is 0 Å². The van der Waals surface area contributed by atoms with Gasteiger partial charge in [0.25, 0.3) is 0 Å². The first kappa shape index (κ1) is 19.8. The molecule has 31 heavy (non-hydrogen) atoms. The van der Waals surface area contributed by atoms with Gasteiger partial charge in [0.15, 0.2) is 16.9 Å². The maximum Gasteiger partial charge on any atom is 0.412 e. The third kappa shape index (κ3) is 3.82. The average Bonchev–Trinajstić information content (AvgIpc) is 3.28. The van der Waals surface area contributed by atoms with Crippen LogP contribution in [-0.4, -0.2) is 42.9 Å². The van der Waals surface area contributed by atoms with Crippen LogP contribution in [0.15, 0.2) is 30.6 Å². The third-order valence-corrected chi connectivity index (χ3v) is 5.88. The number of nitrogens with one attached hydrogen (secondary N) is 2. The molecular weight excluding hydrogens is 418 g/mol. The second kappa shape index (κ2) is 7.82. The summed E-state index contributed by atoms with van der Waals surface area (Å²) in [7, 11) is 1.85. The first-order valence-corrected chi connectivity index (χ1v) is 10.6. The number of fused-ring (bicyclic) bond motifs is 2. The monoisotopic (exact) mass is 439 g/mol. The van der Waals surface area contributed by atoms with Gasteiger partial charge < -0.3 is 20.8 Å². The molecule has 0 bridgehead atoms. The molecule has 4 N–H and O–H groups in total. The highest BCUT2D eigenvalue weighted by atomic mass is 35.5. The number of amides is 1. The average molecular weight is 440 g/mol. The van der Waals surface area contributed by atoms with Crippen LogP contribution in [0.3, 0.4) is 0 Å². The molecule has 4 aromatic rings. The highest BCUT2D eigenvalue weighted by Gasteiger charge is 2.22. The van der Waals surface area contributed by atoms with Gasteiger partial charge >= 0.3 is 6.09 Å². The third-order valence-electron chi connectivity index (χ3n) is 5.64. The molecule has 0 aliphatic heterocycles. The highest BCUT2D eigenvalue weighted by Crippen LogP contribution is 2.30. The zero-order valence-corrected chi connectivity index (χ0v) is 17.7. The van der Waals surface area contributed by atoms with Crippen LogP contribution in [-0.2, 0) is 7.05 Å². The zero-order valence-electron chi connectivity index (χ0n) is 16.9. The van der Waals surface area contributed by atoms with E-state index >= 15 is 0 Å². The number of nitrogens with zero attached hydrogens (tertiary/aromatic N) is 4. The van der Waals surface area contributed by atoms with Crippen molar-refractivity contribution in [2.24, 2.45) is 12.8 Å². The van der Waals surface area contributed by atoms with E-state index in [0.29, 0.717) is 33.3 Å². The summed E-state index contributed by atoms with van der Waals surface area (Å²) < 4.78 is 7.29. The number of halogens is 1. The first-order valence-electron chi connectivity index (χ1n) is 10.2. The molecule has 5 rings (SSSR count). The fourth-order valence-electron chi connectivity index (χ4n) is 4.14. The Kier molecular flexibility index (Phi) is 4.99. The number of carbonyl (C=O) groups is 1. The highest BCUT2D eigenvalue weighted by molar-refractivity contribution is 6.31. The Bertz CT molecular complexity index is 1280. The van der Waals surface area contributed by atoms with Crippen LogP contribution in [0.4, 0.5) is 4.79 Å². The molecule has 1 fully saturated rings. The molecular formula is C21H22ClN7O2. The Labute approximate surface area is 182 Å². The van der Waals surface area contributed by atoms with Crippen LogP contribution in [0.25, 0.3) is 33.5 Å². The Morgan fingerprint density at radius 3 is 3.10 bits per heavy atom. The Morgan fingerprint density at radius 2 is 2.26 bits per heavy atom. The van der Waals surface area contributed by atoms with Crippen molar-refractivity contribution >= 4 is 39.8 Å². The maximum absolute atomic E-state index is 12.4. The van der Waals surface area contributed by atoms with Crippen LogP contribution in [0.2, 0.25) is 5.02 Å². The van der Waals surface area contributed by atoms with Crippen LogP contribution in [0.5, 0.6) is 5.75 Å². The number of H-pyrrole nitrogens is 1. The van der Waals surface area contributed by atoms with Gasteiger partial charge in [0.2, 0.25) is 0 Å². The van der Waals surface area contributed by atoms with Crippen LogP contribution >= 0.6 is 11.6 Å². The molecule has 9 nitrogen and oxygen atoms in total. The summed E-state index contributed by atoms with van der Waals surface area (Å²) in [6, 6.07) is 5.71. The van der Waals surface area contributed by atoms with Gasteiger partial charge in [-0.25, -0.2) is 14.8 Å². The maximum atomic E-state index is 12.4. The fourth-order valence-corrected chi connectivity index (χ4v) is 4.30. The van der Waals surface area contributed by atoms with E-state index in [1.807, 2.05) is 25.2 Å². The lowest BCUT2D eigenvalue weighted by Gasteiger charge is -2.26. The van der Waals surface area contributed by atoms with Crippen molar-refractivity contribution in [2.75, 3.05) is 0 Å². The Balaban J connectivity index is 1.43. The second-order valence-electron chi connectivity index (χ2n) is 7.90. The fraction of sp³-hybridized carbons (Fsp3) is 0.333. The summed E-state index contributed by atoms with van der Waals surface area (Å²) in [5, 5.41) is 9.02. The number of nitrogens with two attached hydrogens (primary N) is 1. The molecule has 10 heteroatoms. The molecule has 0 radical (unpaired) electrons. The minimum atomic E-state index is -0.523. The van der Waals surface area contributed by atoms with Crippen molar-refractivity contribution in [3.05, 3.63) is 35.6 Å². The number of hydrogen-bond acceptors (Lipinski definition) is 6. The topological polar surface area (TPSA) is 124 Å². The van der Waals surface area contributed by atoms with Crippen molar-refractivity contribution < 1.29 is 9.53 Å². The molecule has 3 heterocycles. The van der Waals surface area contributed by atoms with Gasteiger partial charge in [0.1, 0.15) is 11.4 Å². The number of rotatable bonds is 3. The summed E-state index contributed by atoms with van der Waals surface area (Å²) in [5.41, 5.74) is 9.12. The lowest BCUT2D eigenvalue weighted by molar-refractivity contribution is 0.191. The van der Waals surface area contributed by atoms with Crippen molar-refractivity contribution in [3.8, 4) is 17.1 Å². The number of ether oxygens (including phenoxy) is 1.